The van der Waals surface area contributed by atoms with Crippen LogP contribution in [0.4, 0.5) is 10.5 Å². The van der Waals surface area contributed by atoms with E-state index in [0.29, 0.717) is 22.6 Å². The average Bonchev–Trinajstić information content (AvgIpc) is 3.09. The fourth-order valence-corrected chi connectivity index (χ4v) is 3.96. The van der Waals surface area contributed by atoms with Gasteiger partial charge in [0.05, 0.1) is 24.0 Å². The predicted octanol–water partition coefficient (Wildman–Crippen LogP) is 3.78. The lowest BCUT2D eigenvalue weighted by molar-refractivity contribution is -0.384. The maximum Gasteiger partial charge on any atom is 0.328 e. The fraction of sp³-hybridized carbons (Fsp3) is 0.227. The molecule has 0 bridgehead atoms. The number of imide groups is 1. The van der Waals surface area contributed by atoms with E-state index in [1.54, 1.807) is 30.3 Å². The van der Waals surface area contributed by atoms with Gasteiger partial charge in [0, 0.05) is 12.1 Å². The number of methoxy groups -OCH3 is 2. The van der Waals surface area contributed by atoms with Gasteiger partial charge in [0.2, 0.25) is 0 Å². The molecule has 0 N–H and O–H groups in total. The second-order valence-corrected chi connectivity index (χ2v) is 7.87. The maximum atomic E-state index is 12.6. The average molecular weight is 472 g/mol. The number of benzene rings is 2. The Labute approximate surface area is 193 Å². The van der Waals surface area contributed by atoms with Crippen LogP contribution in [0.1, 0.15) is 18.1 Å². The molecule has 0 radical (unpaired) electrons. The van der Waals surface area contributed by atoms with Crippen molar-refractivity contribution >= 4 is 40.6 Å². The molecule has 1 heterocycles. The van der Waals surface area contributed by atoms with Crippen LogP contribution in [0.2, 0.25) is 0 Å². The fourth-order valence-electron chi connectivity index (χ4n) is 3.06. The molecule has 1 aliphatic rings. The number of carbonyl (C=O) groups is 3. The summed E-state index contributed by atoms with van der Waals surface area (Å²) >= 11 is 0.725. The quantitative estimate of drug-likeness (QED) is 0.244. The third-order valence-electron chi connectivity index (χ3n) is 4.75. The number of hydrogen-bond acceptors (Lipinski definition) is 9. The zero-order valence-electron chi connectivity index (χ0n) is 18.0. The number of hydrogen-bond donors (Lipinski definition) is 0. The van der Waals surface area contributed by atoms with Crippen molar-refractivity contribution in [3.8, 4) is 11.5 Å². The lowest BCUT2D eigenvalue weighted by Gasteiger charge is -2.18. The molecule has 3 rings (SSSR count). The molecule has 0 aromatic heterocycles. The molecule has 0 aliphatic carbocycles. The highest BCUT2D eigenvalue weighted by molar-refractivity contribution is 8.18. The van der Waals surface area contributed by atoms with Crippen LogP contribution in [-0.2, 0) is 20.9 Å². The number of rotatable bonds is 8. The minimum Gasteiger partial charge on any atom is -0.493 e. The number of amides is 2. The summed E-state index contributed by atoms with van der Waals surface area (Å²) in [5.74, 6) is -0.511. The van der Waals surface area contributed by atoms with Crippen LogP contribution in [-0.4, -0.2) is 47.2 Å². The van der Waals surface area contributed by atoms with Crippen LogP contribution in [0, 0.1) is 10.1 Å². The highest BCUT2D eigenvalue weighted by atomic mass is 32.2. The third-order valence-corrected chi connectivity index (χ3v) is 5.64. The summed E-state index contributed by atoms with van der Waals surface area (Å²) in [7, 11) is 2.63. The van der Waals surface area contributed by atoms with Crippen molar-refractivity contribution < 1.29 is 33.5 Å². The van der Waals surface area contributed by atoms with Gasteiger partial charge < -0.3 is 14.2 Å². The number of ether oxygens (including phenoxy) is 3. The van der Waals surface area contributed by atoms with Gasteiger partial charge in [-0.1, -0.05) is 18.2 Å². The largest absolute Gasteiger partial charge is 0.493 e. The summed E-state index contributed by atoms with van der Waals surface area (Å²) in [4.78, 5) is 48.1. The monoisotopic (exact) mass is 472 g/mol. The maximum absolute atomic E-state index is 12.6. The van der Waals surface area contributed by atoms with Crippen LogP contribution in [0.3, 0.4) is 0 Å². The number of esters is 1. The Morgan fingerprint density at radius 1 is 1.18 bits per heavy atom. The summed E-state index contributed by atoms with van der Waals surface area (Å²) in [6, 6.07) is 9.99. The Bertz CT molecular complexity index is 1150. The molecule has 0 unspecified atom stereocenters. The van der Waals surface area contributed by atoms with Gasteiger partial charge in [-0.15, -0.1) is 0 Å². The van der Waals surface area contributed by atoms with Crippen molar-refractivity contribution in [2.75, 3.05) is 14.2 Å². The van der Waals surface area contributed by atoms with Crippen LogP contribution in [0.25, 0.3) is 6.08 Å². The lowest BCUT2D eigenvalue weighted by atomic mass is 10.1. The number of thioether (sulfide) groups is 1. The normalized spacial score (nSPS) is 15.5. The van der Waals surface area contributed by atoms with E-state index in [4.69, 9.17) is 9.47 Å². The van der Waals surface area contributed by atoms with Crippen molar-refractivity contribution in [1.29, 1.82) is 0 Å². The van der Waals surface area contributed by atoms with Gasteiger partial charge in [-0.05, 0) is 48.0 Å². The first-order valence-electron chi connectivity index (χ1n) is 9.64. The van der Waals surface area contributed by atoms with Gasteiger partial charge in [-0.2, -0.15) is 0 Å². The SMILES string of the molecule is COC(=O)[C@@H](C)N1C(=O)S/C(=C/c2ccc(OCc3cccc([N+](=O)[O-])c3)c(OC)c2)C1=O. The third kappa shape index (κ3) is 5.32. The predicted molar refractivity (Wildman–Crippen MR) is 120 cm³/mol. The first kappa shape index (κ1) is 23.8. The topological polar surface area (TPSA) is 125 Å². The van der Waals surface area contributed by atoms with E-state index in [-0.39, 0.29) is 17.2 Å². The van der Waals surface area contributed by atoms with Crippen LogP contribution < -0.4 is 9.47 Å². The number of non-ortho nitro benzene ring substituents is 1. The molecule has 33 heavy (non-hydrogen) atoms. The van der Waals surface area contributed by atoms with Gasteiger partial charge in [0.25, 0.3) is 16.8 Å². The highest BCUT2D eigenvalue weighted by Gasteiger charge is 2.41. The van der Waals surface area contributed by atoms with E-state index in [2.05, 4.69) is 4.74 Å². The molecule has 2 aromatic rings. The van der Waals surface area contributed by atoms with Crippen LogP contribution >= 0.6 is 11.8 Å². The molecule has 1 atom stereocenters. The van der Waals surface area contributed by atoms with E-state index in [9.17, 15) is 24.5 Å². The molecule has 10 nitrogen and oxygen atoms in total. The number of nitrogens with zero attached hydrogens (tertiary/aromatic N) is 2. The van der Waals surface area contributed by atoms with Crippen molar-refractivity contribution in [3.05, 3.63) is 68.6 Å². The summed E-state index contributed by atoms with van der Waals surface area (Å²) < 4.78 is 15.7. The number of carbonyl (C=O) groups excluding carboxylic acids is 3. The van der Waals surface area contributed by atoms with Gasteiger partial charge >= 0.3 is 5.97 Å². The lowest BCUT2D eigenvalue weighted by Crippen LogP contribution is -2.42. The molecule has 2 aromatic carbocycles. The van der Waals surface area contributed by atoms with Crippen molar-refractivity contribution in [1.82, 2.24) is 4.90 Å². The minimum atomic E-state index is -1.03. The summed E-state index contributed by atoms with van der Waals surface area (Å²) in [6.45, 7) is 1.50. The molecule has 1 aliphatic heterocycles. The zero-order valence-corrected chi connectivity index (χ0v) is 18.8. The Kier molecular flexibility index (Phi) is 7.34. The molecule has 1 saturated heterocycles. The van der Waals surface area contributed by atoms with Crippen LogP contribution in [0.15, 0.2) is 47.4 Å². The summed E-state index contributed by atoms with van der Waals surface area (Å²) in [5.41, 5.74) is 1.16. The molecule has 172 valence electrons. The Morgan fingerprint density at radius 2 is 1.94 bits per heavy atom. The molecule has 0 saturated carbocycles. The molecular weight excluding hydrogens is 452 g/mol. The van der Waals surface area contributed by atoms with Gasteiger partial charge in [-0.25, -0.2) is 4.79 Å². The number of nitro benzene ring substituents is 1. The van der Waals surface area contributed by atoms with E-state index < -0.39 is 28.1 Å². The minimum absolute atomic E-state index is 0.0334. The van der Waals surface area contributed by atoms with E-state index >= 15 is 0 Å². The second-order valence-electron chi connectivity index (χ2n) is 6.88. The molecule has 2 amide bonds. The van der Waals surface area contributed by atoms with Crippen molar-refractivity contribution in [2.45, 2.75) is 19.6 Å². The Morgan fingerprint density at radius 3 is 2.61 bits per heavy atom. The van der Waals surface area contributed by atoms with Crippen molar-refractivity contribution in [3.63, 3.8) is 0 Å². The standard InChI is InChI=1S/C22H20N2O8S/c1-13(21(26)31-3)23-20(25)19(33-22(23)27)11-14-7-8-17(18(10-14)30-2)32-12-15-5-4-6-16(9-15)24(28)29/h4-11,13H,12H2,1-3H3/b19-11+/t13-/m1/s1. The van der Waals surface area contributed by atoms with E-state index in [1.165, 1.54) is 39.4 Å². The number of nitro groups is 1. The Hall–Kier alpha value is -3.86. The molecule has 1 fully saturated rings. The van der Waals surface area contributed by atoms with Crippen LogP contribution in [0.5, 0.6) is 11.5 Å². The van der Waals surface area contributed by atoms with Crippen molar-refractivity contribution in [2.24, 2.45) is 0 Å². The van der Waals surface area contributed by atoms with Gasteiger partial charge in [0.15, 0.2) is 11.5 Å². The van der Waals surface area contributed by atoms with Gasteiger partial charge in [-0.3, -0.25) is 24.6 Å². The summed E-state index contributed by atoms with van der Waals surface area (Å²) in [6.07, 6.45) is 1.52. The first-order valence-corrected chi connectivity index (χ1v) is 10.5. The van der Waals surface area contributed by atoms with E-state index in [0.717, 1.165) is 16.7 Å². The van der Waals surface area contributed by atoms with E-state index in [1.807, 2.05) is 0 Å². The van der Waals surface area contributed by atoms with Gasteiger partial charge in [0.1, 0.15) is 12.6 Å². The molecule has 0 spiro atoms. The highest BCUT2D eigenvalue weighted by Crippen LogP contribution is 2.36. The Balaban J connectivity index is 1.77. The second kappa shape index (κ2) is 10.2. The zero-order chi connectivity index (χ0) is 24.1. The first-order chi connectivity index (χ1) is 15.7. The molecule has 11 heteroatoms. The summed E-state index contributed by atoms with van der Waals surface area (Å²) in [5, 5.41) is 10.4. The molecular formula is C22H20N2O8S. The smallest absolute Gasteiger partial charge is 0.328 e.